The number of nitrogens with two attached hydrogens (primary N) is 1. The molecule has 1 aromatic rings. The molecule has 0 aliphatic carbocycles. The quantitative estimate of drug-likeness (QED) is 0.750. The highest BCUT2D eigenvalue weighted by Crippen LogP contribution is 1.96. The molecule has 0 aromatic carbocycles. The van der Waals surface area contributed by atoms with Crippen LogP contribution in [-0.4, -0.2) is 10.6 Å². The van der Waals surface area contributed by atoms with E-state index in [9.17, 15) is 4.79 Å². The molecule has 1 aromatic heterocycles. The Morgan fingerprint density at radius 1 is 1.46 bits per heavy atom. The maximum absolute atomic E-state index is 10.8. The van der Waals surface area contributed by atoms with Gasteiger partial charge in [-0.2, -0.15) is 0 Å². The molecular weight excluding hydrogens is 164 g/mol. The predicted octanol–water partition coefficient (Wildman–Crippen LogP) is 0.976. The fourth-order valence-corrected chi connectivity index (χ4v) is 1.30. The van der Waals surface area contributed by atoms with Crippen LogP contribution in [0.5, 0.6) is 0 Å². The molecule has 0 saturated heterocycles. The van der Waals surface area contributed by atoms with Gasteiger partial charge in [0.2, 0.25) is 0 Å². The van der Waals surface area contributed by atoms with Gasteiger partial charge in [0.15, 0.2) is 5.43 Å². The molecule has 0 radical (unpaired) electrons. The van der Waals surface area contributed by atoms with Gasteiger partial charge in [0, 0.05) is 37.1 Å². The average molecular weight is 180 g/mol. The highest BCUT2D eigenvalue weighted by molar-refractivity contribution is 4.93. The molecule has 1 atom stereocenters. The molecular formula is C10H16N2O. The van der Waals surface area contributed by atoms with Crippen molar-refractivity contribution in [3.05, 3.63) is 34.7 Å². The minimum atomic E-state index is 0.0420. The standard InChI is InChI=1S/C10H16N2O/c1-2-3-9(11)8-12-6-4-10(13)5-7-12/h4-7,9H,2-3,8,11H2,1H3. The van der Waals surface area contributed by atoms with Gasteiger partial charge in [-0.1, -0.05) is 13.3 Å². The third kappa shape index (κ3) is 3.42. The van der Waals surface area contributed by atoms with Crippen molar-refractivity contribution in [2.24, 2.45) is 5.73 Å². The summed E-state index contributed by atoms with van der Waals surface area (Å²) in [4.78, 5) is 10.8. The molecule has 3 heteroatoms. The number of nitrogens with zero attached hydrogens (tertiary/aromatic N) is 1. The van der Waals surface area contributed by atoms with Crippen molar-refractivity contribution in [3.63, 3.8) is 0 Å². The van der Waals surface area contributed by atoms with E-state index >= 15 is 0 Å². The monoisotopic (exact) mass is 180 g/mol. The van der Waals surface area contributed by atoms with E-state index in [0.717, 1.165) is 19.4 Å². The molecule has 0 amide bonds. The van der Waals surface area contributed by atoms with Crippen LogP contribution in [0.3, 0.4) is 0 Å². The Balaban J connectivity index is 2.54. The lowest BCUT2D eigenvalue weighted by Gasteiger charge is -2.12. The first-order valence-corrected chi connectivity index (χ1v) is 4.64. The fraction of sp³-hybridized carbons (Fsp3) is 0.500. The number of pyridine rings is 1. The molecule has 0 bridgehead atoms. The van der Waals surface area contributed by atoms with Crippen LogP contribution in [-0.2, 0) is 6.54 Å². The van der Waals surface area contributed by atoms with Gasteiger partial charge in [0.05, 0.1) is 0 Å². The van der Waals surface area contributed by atoms with Crippen LogP contribution >= 0.6 is 0 Å². The molecule has 3 nitrogen and oxygen atoms in total. The Bertz CT molecular complexity index is 286. The summed E-state index contributed by atoms with van der Waals surface area (Å²) in [5.41, 5.74) is 5.90. The van der Waals surface area contributed by atoms with Crippen molar-refractivity contribution in [3.8, 4) is 0 Å². The zero-order chi connectivity index (χ0) is 9.68. The van der Waals surface area contributed by atoms with Crippen molar-refractivity contribution >= 4 is 0 Å². The summed E-state index contributed by atoms with van der Waals surface area (Å²) in [6.07, 6.45) is 5.67. The molecule has 72 valence electrons. The Hall–Kier alpha value is -1.09. The van der Waals surface area contributed by atoms with Crippen LogP contribution < -0.4 is 11.2 Å². The van der Waals surface area contributed by atoms with Gasteiger partial charge in [0.1, 0.15) is 0 Å². The number of aromatic nitrogens is 1. The lowest BCUT2D eigenvalue weighted by Crippen LogP contribution is -2.26. The normalized spacial score (nSPS) is 12.8. The van der Waals surface area contributed by atoms with Gasteiger partial charge < -0.3 is 10.3 Å². The van der Waals surface area contributed by atoms with E-state index in [4.69, 9.17) is 5.73 Å². The Morgan fingerprint density at radius 3 is 2.62 bits per heavy atom. The molecule has 0 fully saturated rings. The van der Waals surface area contributed by atoms with Crippen molar-refractivity contribution in [1.29, 1.82) is 0 Å². The number of rotatable bonds is 4. The zero-order valence-electron chi connectivity index (χ0n) is 7.94. The average Bonchev–Trinajstić information content (AvgIpc) is 2.09. The van der Waals surface area contributed by atoms with E-state index in [1.165, 1.54) is 0 Å². The Labute approximate surface area is 78.2 Å². The van der Waals surface area contributed by atoms with Crippen LogP contribution in [0, 0.1) is 0 Å². The maximum Gasteiger partial charge on any atom is 0.181 e. The molecule has 1 rings (SSSR count). The van der Waals surface area contributed by atoms with Crippen molar-refractivity contribution in [1.82, 2.24) is 4.57 Å². The molecule has 2 N–H and O–H groups in total. The van der Waals surface area contributed by atoms with E-state index in [-0.39, 0.29) is 11.5 Å². The third-order valence-electron chi connectivity index (χ3n) is 1.97. The second-order valence-electron chi connectivity index (χ2n) is 3.28. The molecule has 1 heterocycles. The van der Waals surface area contributed by atoms with Crippen LogP contribution in [0.2, 0.25) is 0 Å². The molecule has 0 aliphatic rings. The van der Waals surface area contributed by atoms with Gasteiger partial charge in [-0.05, 0) is 6.42 Å². The first-order chi connectivity index (χ1) is 6.22. The van der Waals surface area contributed by atoms with Crippen molar-refractivity contribution in [2.75, 3.05) is 0 Å². The van der Waals surface area contributed by atoms with E-state index in [1.807, 2.05) is 4.57 Å². The topological polar surface area (TPSA) is 48.0 Å². The number of hydrogen-bond acceptors (Lipinski definition) is 2. The van der Waals surface area contributed by atoms with Crippen LogP contribution in [0.15, 0.2) is 29.3 Å². The molecule has 13 heavy (non-hydrogen) atoms. The first-order valence-electron chi connectivity index (χ1n) is 4.64. The van der Waals surface area contributed by atoms with Crippen LogP contribution in [0.25, 0.3) is 0 Å². The minimum absolute atomic E-state index is 0.0420. The summed E-state index contributed by atoms with van der Waals surface area (Å²) >= 11 is 0. The van der Waals surface area contributed by atoms with E-state index in [2.05, 4.69) is 6.92 Å². The summed E-state index contributed by atoms with van der Waals surface area (Å²) in [7, 11) is 0. The molecule has 1 unspecified atom stereocenters. The van der Waals surface area contributed by atoms with Crippen molar-refractivity contribution < 1.29 is 0 Å². The summed E-state index contributed by atoms with van der Waals surface area (Å²) in [5.74, 6) is 0. The largest absolute Gasteiger partial charge is 0.352 e. The molecule has 0 aliphatic heterocycles. The number of hydrogen-bond donors (Lipinski definition) is 1. The molecule has 0 spiro atoms. The summed E-state index contributed by atoms with van der Waals surface area (Å²) in [6.45, 7) is 2.90. The van der Waals surface area contributed by atoms with Gasteiger partial charge >= 0.3 is 0 Å². The summed E-state index contributed by atoms with van der Waals surface area (Å²) in [5, 5.41) is 0. The maximum atomic E-state index is 10.8. The smallest absolute Gasteiger partial charge is 0.181 e. The molecule has 0 saturated carbocycles. The van der Waals surface area contributed by atoms with E-state index in [0.29, 0.717) is 0 Å². The lowest BCUT2D eigenvalue weighted by molar-refractivity contribution is 0.512. The minimum Gasteiger partial charge on any atom is -0.352 e. The van der Waals surface area contributed by atoms with Gasteiger partial charge in [-0.3, -0.25) is 4.79 Å². The summed E-state index contributed by atoms with van der Waals surface area (Å²) < 4.78 is 1.95. The Morgan fingerprint density at radius 2 is 2.08 bits per heavy atom. The second kappa shape index (κ2) is 4.82. The lowest BCUT2D eigenvalue weighted by atomic mass is 10.2. The van der Waals surface area contributed by atoms with Gasteiger partial charge in [-0.15, -0.1) is 0 Å². The summed E-state index contributed by atoms with van der Waals surface area (Å²) in [6, 6.07) is 3.30. The third-order valence-corrected chi connectivity index (χ3v) is 1.97. The van der Waals surface area contributed by atoms with Crippen molar-refractivity contribution in [2.45, 2.75) is 32.4 Å². The van der Waals surface area contributed by atoms with E-state index in [1.54, 1.807) is 24.5 Å². The second-order valence-corrected chi connectivity index (χ2v) is 3.28. The highest BCUT2D eigenvalue weighted by Gasteiger charge is 2.00. The first kappa shape index (κ1) is 9.99. The SMILES string of the molecule is CCCC(N)Cn1ccc(=O)cc1. The van der Waals surface area contributed by atoms with Gasteiger partial charge in [0.25, 0.3) is 0 Å². The predicted molar refractivity (Wildman–Crippen MR) is 53.6 cm³/mol. The highest BCUT2D eigenvalue weighted by atomic mass is 16.1. The van der Waals surface area contributed by atoms with E-state index < -0.39 is 0 Å². The zero-order valence-corrected chi connectivity index (χ0v) is 7.94. The van der Waals surface area contributed by atoms with Crippen LogP contribution in [0.1, 0.15) is 19.8 Å². The fourth-order valence-electron chi connectivity index (χ4n) is 1.30. The van der Waals surface area contributed by atoms with Gasteiger partial charge in [-0.25, -0.2) is 0 Å². The van der Waals surface area contributed by atoms with Crippen LogP contribution in [0.4, 0.5) is 0 Å². The Kier molecular flexibility index (Phi) is 3.71.